The van der Waals surface area contributed by atoms with Crippen molar-refractivity contribution in [1.82, 2.24) is 4.90 Å². The van der Waals surface area contributed by atoms with E-state index < -0.39 is 0 Å². The molecule has 1 rings (SSSR count). The Morgan fingerprint density at radius 1 is 1.62 bits per heavy atom. The maximum absolute atomic E-state index is 8.96. The van der Waals surface area contributed by atoms with E-state index in [1.165, 1.54) is 0 Å². The van der Waals surface area contributed by atoms with Gasteiger partial charge in [0.1, 0.15) is 0 Å². The maximum Gasteiger partial charge on any atom is 0.0933 e. The van der Waals surface area contributed by atoms with Crippen LogP contribution in [0.2, 0.25) is 0 Å². The molecule has 78 valence electrons. The van der Waals surface area contributed by atoms with Gasteiger partial charge in [-0.15, -0.1) is 0 Å². The zero-order valence-corrected chi connectivity index (χ0v) is 9.22. The number of hydrogen-bond donors (Lipinski definition) is 1. The number of aliphatic hydroxyl groups excluding tert-OH is 1. The predicted molar refractivity (Wildman–Crippen MR) is 56.2 cm³/mol. The standard InChI is InChI=1S/C9H19NO2S/c1-8-7-12-9(6-11)5-10(8)3-4-13-2/h8-9,11H,3-7H2,1-2H3. The lowest BCUT2D eigenvalue weighted by Gasteiger charge is -2.37. The van der Waals surface area contributed by atoms with Crippen molar-refractivity contribution < 1.29 is 9.84 Å². The van der Waals surface area contributed by atoms with Gasteiger partial charge in [-0.3, -0.25) is 4.90 Å². The zero-order chi connectivity index (χ0) is 9.68. The van der Waals surface area contributed by atoms with Crippen LogP contribution in [0.1, 0.15) is 6.92 Å². The number of hydrogen-bond acceptors (Lipinski definition) is 4. The Morgan fingerprint density at radius 3 is 3.00 bits per heavy atom. The molecule has 0 radical (unpaired) electrons. The van der Waals surface area contributed by atoms with Crippen molar-refractivity contribution in [2.75, 3.05) is 38.3 Å². The lowest BCUT2D eigenvalue weighted by Crippen LogP contribution is -2.50. The Labute approximate surface area is 84.4 Å². The third-order valence-corrected chi connectivity index (χ3v) is 3.01. The summed E-state index contributed by atoms with van der Waals surface area (Å²) in [5.41, 5.74) is 0. The van der Waals surface area contributed by atoms with Gasteiger partial charge < -0.3 is 9.84 Å². The van der Waals surface area contributed by atoms with Gasteiger partial charge in [-0.2, -0.15) is 11.8 Å². The second-order valence-corrected chi connectivity index (χ2v) is 4.46. The first-order valence-corrected chi connectivity index (χ1v) is 6.12. The maximum atomic E-state index is 8.96. The summed E-state index contributed by atoms with van der Waals surface area (Å²) in [6.45, 7) is 5.04. The second kappa shape index (κ2) is 5.86. The molecule has 0 bridgehead atoms. The summed E-state index contributed by atoms with van der Waals surface area (Å²) in [7, 11) is 0. The molecule has 3 nitrogen and oxygen atoms in total. The summed E-state index contributed by atoms with van der Waals surface area (Å²) < 4.78 is 5.45. The van der Waals surface area contributed by atoms with Gasteiger partial charge in [0.15, 0.2) is 0 Å². The van der Waals surface area contributed by atoms with Crippen LogP contribution in [-0.4, -0.2) is 60.5 Å². The molecule has 0 aliphatic carbocycles. The molecule has 1 saturated heterocycles. The van der Waals surface area contributed by atoms with Crippen LogP contribution in [0.25, 0.3) is 0 Å². The molecule has 1 N–H and O–H groups in total. The Balaban J connectivity index is 2.31. The molecule has 1 aliphatic rings. The molecule has 1 aliphatic heterocycles. The number of morpholine rings is 1. The van der Waals surface area contributed by atoms with Crippen LogP contribution in [0.15, 0.2) is 0 Å². The fourth-order valence-electron chi connectivity index (χ4n) is 1.51. The Bertz CT molecular complexity index is 146. The first-order chi connectivity index (χ1) is 6.27. The molecule has 13 heavy (non-hydrogen) atoms. The molecule has 0 aromatic rings. The van der Waals surface area contributed by atoms with E-state index in [-0.39, 0.29) is 12.7 Å². The van der Waals surface area contributed by atoms with Crippen molar-refractivity contribution in [3.8, 4) is 0 Å². The summed E-state index contributed by atoms with van der Waals surface area (Å²) in [4.78, 5) is 2.39. The molecule has 1 heterocycles. The van der Waals surface area contributed by atoms with Crippen LogP contribution in [0.4, 0.5) is 0 Å². The summed E-state index contributed by atoms with van der Waals surface area (Å²) in [5, 5.41) is 8.96. The molecule has 0 saturated carbocycles. The van der Waals surface area contributed by atoms with Crippen LogP contribution >= 0.6 is 11.8 Å². The van der Waals surface area contributed by atoms with Gasteiger partial charge >= 0.3 is 0 Å². The fourth-order valence-corrected chi connectivity index (χ4v) is 1.92. The summed E-state index contributed by atoms with van der Waals surface area (Å²) >= 11 is 1.86. The highest BCUT2D eigenvalue weighted by Gasteiger charge is 2.24. The van der Waals surface area contributed by atoms with Gasteiger partial charge in [-0.1, -0.05) is 0 Å². The molecule has 0 aromatic carbocycles. The second-order valence-electron chi connectivity index (χ2n) is 3.47. The average Bonchev–Trinajstić information content (AvgIpc) is 2.17. The van der Waals surface area contributed by atoms with E-state index in [2.05, 4.69) is 18.1 Å². The molecule has 2 unspecified atom stereocenters. The summed E-state index contributed by atoms with van der Waals surface area (Å²) in [6, 6.07) is 0.495. The van der Waals surface area contributed by atoms with E-state index >= 15 is 0 Å². The number of thioether (sulfide) groups is 1. The van der Waals surface area contributed by atoms with Crippen LogP contribution in [-0.2, 0) is 4.74 Å². The van der Waals surface area contributed by atoms with Crippen LogP contribution in [0, 0.1) is 0 Å². The van der Waals surface area contributed by atoms with E-state index in [0.717, 1.165) is 25.4 Å². The van der Waals surface area contributed by atoms with Crippen molar-refractivity contribution in [3.63, 3.8) is 0 Å². The van der Waals surface area contributed by atoms with Gasteiger partial charge in [0.2, 0.25) is 0 Å². The topological polar surface area (TPSA) is 32.7 Å². The average molecular weight is 205 g/mol. The Morgan fingerprint density at radius 2 is 2.38 bits per heavy atom. The van der Waals surface area contributed by atoms with Gasteiger partial charge in [-0.05, 0) is 13.2 Å². The minimum Gasteiger partial charge on any atom is -0.394 e. The first kappa shape index (κ1) is 11.3. The number of nitrogens with zero attached hydrogens (tertiary/aromatic N) is 1. The highest BCUT2D eigenvalue weighted by Crippen LogP contribution is 2.11. The third kappa shape index (κ3) is 3.46. The van der Waals surface area contributed by atoms with E-state index in [1.807, 2.05) is 11.8 Å². The third-order valence-electron chi connectivity index (χ3n) is 2.42. The van der Waals surface area contributed by atoms with E-state index in [9.17, 15) is 0 Å². The molecular formula is C9H19NO2S. The molecular weight excluding hydrogens is 186 g/mol. The van der Waals surface area contributed by atoms with E-state index in [1.54, 1.807) is 0 Å². The monoisotopic (exact) mass is 205 g/mol. The van der Waals surface area contributed by atoms with Crippen molar-refractivity contribution in [2.24, 2.45) is 0 Å². The lowest BCUT2D eigenvalue weighted by atomic mass is 10.2. The Hall–Kier alpha value is 0.230. The molecule has 1 fully saturated rings. The molecule has 0 spiro atoms. The predicted octanol–water partition coefficient (Wildman–Crippen LogP) is 0.431. The van der Waals surface area contributed by atoms with E-state index in [4.69, 9.17) is 9.84 Å². The van der Waals surface area contributed by atoms with E-state index in [0.29, 0.717) is 6.04 Å². The first-order valence-electron chi connectivity index (χ1n) is 4.73. The highest BCUT2D eigenvalue weighted by molar-refractivity contribution is 7.98. The van der Waals surface area contributed by atoms with Gasteiger partial charge in [0.25, 0.3) is 0 Å². The Kier molecular flexibility index (Phi) is 5.09. The normalized spacial score (nSPS) is 30.7. The number of ether oxygens (including phenoxy) is 1. The van der Waals surface area contributed by atoms with Crippen molar-refractivity contribution in [3.05, 3.63) is 0 Å². The lowest BCUT2D eigenvalue weighted by molar-refractivity contribution is -0.0757. The summed E-state index contributed by atoms with van der Waals surface area (Å²) in [5.74, 6) is 1.16. The van der Waals surface area contributed by atoms with Gasteiger partial charge in [-0.25, -0.2) is 0 Å². The van der Waals surface area contributed by atoms with Crippen LogP contribution < -0.4 is 0 Å². The molecule has 0 aromatic heterocycles. The van der Waals surface area contributed by atoms with Gasteiger partial charge in [0, 0.05) is 24.9 Å². The number of aliphatic hydroxyl groups is 1. The fraction of sp³-hybridized carbons (Fsp3) is 1.00. The van der Waals surface area contributed by atoms with Crippen molar-refractivity contribution in [2.45, 2.75) is 19.1 Å². The molecule has 0 amide bonds. The van der Waals surface area contributed by atoms with Crippen molar-refractivity contribution >= 4 is 11.8 Å². The zero-order valence-electron chi connectivity index (χ0n) is 8.40. The minimum absolute atomic E-state index is 0.0260. The largest absolute Gasteiger partial charge is 0.394 e. The van der Waals surface area contributed by atoms with Gasteiger partial charge in [0.05, 0.1) is 19.3 Å². The summed E-state index contributed by atoms with van der Waals surface area (Å²) in [6.07, 6.45) is 2.15. The molecule has 4 heteroatoms. The molecule has 2 atom stereocenters. The van der Waals surface area contributed by atoms with Crippen LogP contribution in [0.5, 0.6) is 0 Å². The highest BCUT2D eigenvalue weighted by atomic mass is 32.2. The van der Waals surface area contributed by atoms with Crippen molar-refractivity contribution in [1.29, 1.82) is 0 Å². The van der Waals surface area contributed by atoms with Crippen LogP contribution in [0.3, 0.4) is 0 Å². The minimum atomic E-state index is 0.0260. The smallest absolute Gasteiger partial charge is 0.0933 e. The quantitative estimate of drug-likeness (QED) is 0.721. The SMILES string of the molecule is CSCCN1CC(CO)OCC1C. The number of rotatable bonds is 4.